The Balaban J connectivity index is 0.00000200. The minimum Gasteiger partial charge on any atom is -0.351 e. The van der Waals surface area contributed by atoms with E-state index in [1.54, 1.807) is 12.1 Å². The average molecular weight is 356 g/mol. The zero-order valence-electron chi connectivity index (χ0n) is 11.7. The molecule has 0 bridgehead atoms. The van der Waals surface area contributed by atoms with Crippen molar-refractivity contribution in [1.29, 1.82) is 0 Å². The molecule has 0 spiro atoms. The number of pyridine rings is 1. The first-order valence-corrected chi connectivity index (χ1v) is 6.96. The molecule has 2 N–H and O–H groups in total. The van der Waals surface area contributed by atoms with Crippen molar-refractivity contribution in [2.45, 2.75) is 6.42 Å². The number of halogens is 3. The van der Waals surface area contributed by atoms with Gasteiger partial charge in [-0.15, -0.1) is 24.8 Å². The molecule has 0 aliphatic carbocycles. The quantitative estimate of drug-likeness (QED) is 0.788. The summed E-state index contributed by atoms with van der Waals surface area (Å²) in [6.07, 6.45) is 2.44. The molecular formula is C13H21Cl3N4O. The van der Waals surface area contributed by atoms with Crippen LogP contribution in [0.4, 0.5) is 0 Å². The molecule has 0 saturated carbocycles. The Kier molecular flexibility index (Phi) is 10.7. The summed E-state index contributed by atoms with van der Waals surface area (Å²) in [5, 5.41) is 6.73. The fourth-order valence-corrected chi connectivity index (χ4v) is 2.15. The number of nitrogens with zero attached hydrogens (tertiary/aromatic N) is 2. The van der Waals surface area contributed by atoms with Crippen LogP contribution in [0.1, 0.15) is 16.9 Å². The Hall–Kier alpha value is -0.590. The smallest absolute Gasteiger partial charge is 0.269 e. The number of carbonyl (C=O) groups is 1. The number of piperazine rings is 1. The summed E-state index contributed by atoms with van der Waals surface area (Å²) in [6.45, 7) is 5.99. The van der Waals surface area contributed by atoms with E-state index < -0.39 is 0 Å². The van der Waals surface area contributed by atoms with Crippen molar-refractivity contribution >= 4 is 42.3 Å². The number of carbonyl (C=O) groups excluding carboxylic acids is 1. The van der Waals surface area contributed by atoms with E-state index in [0.29, 0.717) is 17.3 Å². The Morgan fingerprint density at radius 3 is 2.67 bits per heavy atom. The maximum absolute atomic E-state index is 11.8. The first-order valence-electron chi connectivity index (χ1n) is 6.58. The van der Waals surface area contributed by atoms with Gasteiger partial charge in [0.1, 0.15) is 5.69 Å². The van der Waals surface area contributed by atoms with E-state index in [4.69, 9.17) is 11.6 Å². The van der Waals surface area contributed by atoms with E-state index in [1.807, 2.05) is 0 Å². The summed E-state index contributed by atoms with van der Waals surface area (Å²) < 4.78 is 0. The van der Waals surface area contributed by atoms with Crippen LogP contribution in [0.15, 0.2) is 18.3 Å². The van der Waals surface area contributed by atoms with Crippen molar-refractivity contribution in [3.63, 3.8) is 0 Å². The third-order valence-corrected chi connectivity index (χ3v) is 3.33. The van der Waals surface area contributed by atoms with Gasteiger partial charge in [0.05, 0.1) is 5.02 Å². The maximum atomic E-state index is 11.8. The zero-order valence-corrected chi connectivity index (χ0v) is 14.1. The summed E-state index contributed by atoms with van der Waals surface area (Å²) in [6, 6.07) is 3.30. The van der Waals surface area contributed by atoms with Crippen LogP contribution in [-0.4, -0.2) is 55.1 Å². The molecular weight excluding hydrogens is 335 g/mol. The number of hydrogen-bond acceptors (Lipinski definition) is 4. The molecule has 0 atom stereocenters. The predicted octanol–water partition coefficient (Wildman–Crippen LogP) is 1.60. The van der Waals surface area contributed by atoms with Crippen molar-refractivity contribution < 1.29 is 4.79 Å². The van der Waals surface area contributed by atoms with Crippen molar-refractivity contribution in [3.05, 3.63) is 29.0 Å². The molecule has 0 aromatic carbocycles. The van der Waals surface area contributed by atoms with Crippen molar-refractivity contribution in [2.24, 2.45) is 0 Å². The second-order valence-corrected chi connectivity index (χ2v) is 5.00. The van der Waals surface area contributed by atoms with Gasteiger partial charge in [0, 0.05) is 38.9 Å². The monoisotopic (exact) mass is 354 g/mol. The van der Waals surface area contributed by atoms with Gasteiger partial charge in [-0.1, -0.05) is 11.6 Å². The summed E-state index contributed by atoms with van der Waals surface area (Å²) in [5.41, 5.74) is 0.409. The molecule has 1 aliphatic rings. The van der Waals surface area contributed by atoms with Crippen LogP contribution >= 0.6 is 36.4 Å². The predicted molar refractivity (Wildman–Crippen MR) is 90.0 cm³/mol. The SMILES string of the molecule is Cl.Cl.O=C(NCCCN1CCNCC1)c1ccc(Cl)cn1. The second-order valence-electron chi connectivity index (χ2n) is 4.56. The van der Waals surface area contributed by atoms with E-state index in [1.165, 1.54) is 6.20 Å². The number of aromatic nitrogens is 1. The normalized spacial score (nSPS) is 14.7. The summed E-state index contributed by atoms with van der Waals surface area (Å²) in [5.74, 6) is -0.142. The van der Waals surface area contributed by atoms with Gasteiger partial charge in [-0.25, -0.2) is 4.98 Å². The highest BCUT2D eigenvalue weighted by atomic mass is 35.5. The van der Waals surface area contributed by atoms with E-state index >= 15 is 0 Å². The van der Waals surface area contributed by atoms with Crippen molar-refractivity contribution in [1.82, 2.24) is 20.5 Å². The van der Waals surface area contributed by atoms with Crippen LogP contribution in [0.2, 0.25) is 5.02 Å². The van der Waals surface area contributed by atoms with E-state index in [0.717, 1.165) is 39.1 Å². The van der Waals surface area contributed by atoms with Crippen LogP contribution in [-0.2, 0) is 0 Å². The maximum Gasteiger partial charge on any atom is 0.269 e. The topological polar surface area (TPSA) is 57.3 Å². The Bertz CT molecular complexity index is 410. The van der Waals surface area contributed by atoms with Gasteiger partial charge >= 0.3 is 0 Å². The van der Waals surface area contributed by atoms with Crippen LogP contribution < -0.4 is 10.6 Å². The summed E-state index contributed by atoms with van der Waals surface area (Å²) in [7, 11) is 0. The van der Waals surface area contributed by atoms with Crippen molar-refractivity contribution in [3.8, 4) is 0 Å². The Morgan fingerprint density at radius 2 is 2.05 bits per heavy atom. The minimum atomic E-state index is -0.142. The molecule has 1 aromatic heterocycles. The molecule has 2 rings (SSSR count). The summed E-state index contributed by atoms with van der Waals surface area (Å²) in [4.78, 5) is 18.2. The van der Waals surface area contributed by atoms with E-state index in [2.05, 4.69) is 20.5 Å². The largest absolute Gasteiger partial charge is 0.351 e. The number of nitrogens with one attached hydrogen (secondary N) is 2. The fraction of sp³-hybridized carbons (Fsp3) is 0.538. The first kappa shape index (κ1) is 20.4. The van der Waals surface area contributed by atoms with Gasteiger partial charge in [-0.05, 0) is 25.1 Å². The highest BCUT2D eigenvalue weighted by molar-refractivity contribution is 6.30. The van der Waals surface area contributed by atoms with Crippen LogP contribution in [0.3, 0.4) is 0 Å². The molecule has 1 aliphatic heterocycles. The standard InChI is InChI=1S/C13H19ClN4O.2ClH/c14-11-2-3-12(17-10-11)13(19)16-4-1-7-18-8-5-15-6-9-18;;/h2-3,10,15H,1,4-9H2,(H,16,19);2*1H. The van der Waals surface area contributed by atoms with Crippen LogP contribution in [0.25, 0.3) is 0 Å². The Labute approximate surface area is 142 Å². The van der Waals surface area contributed by atoms with Gasteiger partial charge in [0.25, 0.3) is 5.91 Å². The molecule has 2 heterocycles. The molecule has 0 radical (unpaired) electrons. The van der Waals surface area contributed by atoms with Gasteiger partial charge in [-0.2, -0.15) is 0 Å². The highest BCUT2D eigenvalue weighted by Crippen LogP contribution is 2.05. The number of rotatable bonds is 5. The lowest BCUT2D eigenvalue weighted by atomic mass is 10.3. The average Bonchev–Trinajstić information content (AvgIpc) is 2.45. The number of amides is 1. The van der Waals surface area contributed by atoms with Gasteiger partial charge in [0.15, 0.2) is 0 Å². The molecule has 8 heteroatoms. The zero-order chi connectivity index (χ0) is 13.5. The van der Waals surface area contributed by atoms with Gasteiger partial charge in [0.2, 0.25) is 0 Å². The van der Waals surface area contributed by atoms with E-state index in [-0.39, 0.29) is 30.7 Å². The lowest BCUT2D eigenvalue weighted by Crippen LogP contribution is -2.44. The minimum absolute atomic E-state index is 0. The molecule has 1 saturated heterocycles. The first-order chi connectivity index (χ1) is 9.25. The molecule has 1 amide bonds. The molecule has 21 heavy (non-hydrogen) atoms. The third-order valence-electron chi connectivity index (χ3n) is 3.11. The van der Waals surface area contributed by atoms with Crippen molar-refractivity contribution in [2.75, 3.05) is 39.3 Å². The van der Waals surface area contributed by atoms with Gasteiger partial charge < -0.3 is 15.5 Å². The molecule has 0 unspecified atom stereocenters. The molecule has 120 valence electrons. The lowest BCUT2D eigenvalue weighted by Gasteiger charge is -2.27. The highest BCUT2D eigenvalue weighted by Gasteiger charge is 2.09. The molecule has 1 fully saturated rings. The molecule has 5 nitrogen and oxygen atoms in total. The van der Waals surface area contributed by atoms with Gasteiger partial charge in [-0.3, -0.25) is 4.79 Å². The van der Waals surface area contributed by atoms with Crippen LogP contribution in [0.5, 0.6) is 0 Å². The summed E-state index contributed by atoms with van der Waals surface area (Å²) >= 11 is 5.72. The second kappa shape index (κ2) is 11.0. The number of hydrogen-bond donors (Lipinski definition) is 2. The van der Waals surface area contributed by atoms with E-state index in [9.17, 15) is 4.79 Å². The third kappa shape index (κ3) is 7.29. The Morgan fingerprint density at radius 1 is 1.33 bits per heavy atom. The fourth-order valence-electron chi connectivity index (χ4n) is 2.04. The lowest BCUT2D eigenvalue weighted by molar-refractivity contribution is 0.0946. The van der Waals surface area contributed by atoms with Crippen LogP contribution in [0, 0.1) is 0 Å². The molecule has 1 aromatic rings.